The molecule has 2 rings (SSSR count). The summed E-state index contributed by atoms with van der Waals surface area (Å²) < 4.78 is 6.03. The van der Waals surface area contributed by atoms with Crippen LogP contribution >= 0.6 is 0 Å². The van der Waals surface area contributed by atoms with Gasteiger partial charge in [-0.25, -0.2) is 0 Å². The second-order valence-electron chi connectivity index (χ2n) is 4.50. The number of fused-ring (bicyclic) bond motifs is 1. The molecule has 2 atom stereocenters. The van der Waals surface area contributed by atoms with Crippen molar-refractivity contribution in [1.82, 2.24) is 0 Å². The van der Waals surface area contributed by atoms with Crippen molar-refractivity contribution in [3.8, 4) is 5.75 Å². The highest BCUT2D eigenvalue weighted by molar-refractivity contribution is 5.43. The van der Waals surface area contributed by atoms with E-state index in [0.29, 0.717) is 12.0 Å². The average Bonchev–Trinajstić information content (AvgIpc) is 2.68. The quantitative estimate of drug-likeness (QED) is 0.709. The number of hydrogen-bond acceptors (Lipinski definition) is 1. The molecular formula is C16H26O. The Morgan fingerprint density at radius 2 is 1.88 bits per heavy atom. The van der Waals surface area contributed by atoms with Crippen molar-refractivity contribution in [2.24, 2.45) is 0 Å². The van der Waals surface area contributed by atoms with E-state index < -0.39 is 0 Å². The molecule has 0 spiro atoms. The van der Waals surface area contributed by atoms with Crippen molar-refractivity contribution < 1.29 is 4.74 Å². The van der Waals surface area contributed by atoms with E-state index in [4.69, 9.17) is 4.74 Å². The molecule has 0 radical (unpaired) electrons. The molecule has 0 fully saturated rings. The summed E-state index contributed by atoms with van der Waals surface area (Å²) in [5.74, 6) is 1.74. The maximum atomic E-state index is 6.03. The maximum Gasteiger partial charge on any atom is 0.123 e. The standard InChI is InChI=1S/C14H20O.C2H6/c1-4-6-13-11(5-2)12-8-7-10(3)9-14(12)15-13;1-2/h7-9,11,13H,4-6H2,1-3H3;1-2H3. The number of hydrogen-bond donors (Lipinski definition) is 0. The second kappa shape index (κ2) is 6.68. The molecule has 1 aromatic carbocycles. The van der Waals surface area contributed by atoms with Gasteiger partial charge >= 0.3 is 0 Å². The van der Waals surface area contributed by atoms with Gasteiger partial charge in [-0.1, -0.05) is 46.2 Å². The lowest BCUT2D eigenvalue weighted by atomic mass is 9.90. The molecular weight excluding hydrogens is 208 g/mol. The summed E-state index contributed by atoms with van der Waals surface area (Å²) in [5.41, 5.74) is 2.71. The van der Waals surface area contributed by atoms with E-state index in [-0.39, 0.29) is 0 Å². The van der Waals surface area contributed by atoms with Crippen molar-refractivity contribution in [1.29, 1.82) is 0 Å². The highest BCUT2D eigenvalue weighted by Crippen LogP contribution is 2.41. The fourth-order valence-corrected chi connectivity index (χ4v) is 2.52. The lowest BCUT2D eigenvalue weighted by Gasteiger charge is -2.16. The molecule has 0 saturated heterocycles. The SMILES string of the molecule is CC.CCCC1Oc2cc(C)ccc2C1CC. The Bertz CT molecular complexity index is 343. The largest absolute Gasteiger partial charge is 0.489 e. The first-order valence-corrected chi connectivity index (χ1v) is 7.03. The van der Waals surface area contributed by atoms with Crippen LogP contribution in [0.2, 0.25) is 0 Å². The zero-order chi connectivity index (χ0) is 12.8. The minimum absolute atomic E-state index is 0.414. The molecule has 0 bridgehead atoms. The van der Waals surface area contributed by atoms with Crippen LogP contribution in [-0.4, -0.2) is 6.10 Å². The fourth-order valence-electron chi connectivity index (χ4n) is 2.52. The third kappa shape index (κ3) is 3.02. The number of aryl methyl sites for hydroxylation is 1. The topological polar surface area (TPSA) is 9.23 Å². The highest BCUT2D eigenvalue weighted by atomic mass is 16.5. The predicted octanol–water partition coefficient (Wildman–Crippen LogP) is 5.08. The van der Waals surface area contributed by atoms with Crippen LogP contribution in [0.5, 0.6) is 5.75 Å². The minimum atomic E-state index is 0.414. The summed E-state index contributed by atoms with van der Waals surface area (Å²) in [7, 11) is 0. The Balaban J connectivity index is 0.000000686. The van der Waals surface area contributed by atoms with Gasteiger partial charge in [0.2, 0.25) is 0 Å². The Kier molecular flexibility index (Phi) is 5.54. The van der Waals surface area contributed by atoms with Crippen molar-refractivity contribution in [2.45, 2.75) is 65.9 Å². The van der Waals surface area contributed by atoms with Crippen molar-refractivity contribution in [3.63, 3.8) is 0 Å². The van der Waals surface area contributed by atoms with E-state index in [0.717, 1.165) is 5.75 Å². The van der Waals surface area contributed by atoms with Gasteiger partial charge in [0.1, 0.15) is 11.9 Å². The molecule has 0 aliphatic carbocycles. The van der Waals surface area contributed by atoms with E-state index in [1.54, 1.807) is 0 Å². The van der Waals surface area contributed by atoms with Gasteiger partial charge in [0.05, 0.1) is 0 Å². The lowest BCUT2D eigenvalue weighted by Crippen LogP contribution is -2.17. The Morgan fingerprint density at radius 1 is 1.18 bits per heavy atom. The van der Waals surface area contributed by atoms with E-state index in [1.807, 2.05) is 13.8 Å². The first kappa shape index (κ1) is 14.1. The van der Waals surface area contributed by atoms with E-state index >= 15 is 0 Å². The molecule has 1 heteroatoms. The van der Waals surface area contributed by atoms with Gasteiger partial charge in [-0.3, -0.25) is 0 Å². The van der Waals surface area contributed by atoms with E-state index in [1.165, 1.54) is 30.4 Å². The number of benzene rings is 1. The number of ether oxygens (including phenoxy) is 1. The number of rotatable bonds is 3. The molecule has 1 aliphatic heterocycles. The fraction of sp³-hybridized carbons (Fsp3) is 0.625. The van der Waals surface area contributed by atoms with Crippen molar-refractivity contribution in [3.05, 3.63) is 29.3 Å². The van der Waals surface area contributed by atoms with Crippen LogP contribution in [-0.2, 0) is 0 Å². The zero-order valence-electron chi connectivity index (χ0n) is 11.9. The van der Waals surface area contributed by atoms with Gasteiger partial charge in [0.25, 0.3) is 0 Å². The molecule has 0 amide bonds. The Labute approximate surface area is 106 Å². The van der Waals surface area contributed by atoms with Crippen molar-refractivity contribution in [2.75, 3.05) is 0 Å². The molecule has 0 N–H and O–H groups in total. The summed E-state index contributed by atoms with van der Waals surface area (Å²) in [6, 6.07) is 6.61. The summed E-state index contributed by atoms with van der Waals surface area (Å²) in [6.45, 7) is 10.6. The van der Waals surface area contributed by atoms with Crippen LogP contribution in [0, 0.1) is 6.92 Å². The normalized spacial score (nSPS) is 21.2. The molecule has 1 aromatic rings. The molecule has 96 valence electrons. The van der Waals surface area contributed by atoms with E-state index in [9.17, 15) is 0 Å². The zero-order valence-corrected chi connectivity index (χ0v) is 11.9. The van der Waals surface area contributed by atoms with E-state index in [2.05, 4.69) is 39.0 Å². The smallest absolute Gasteiger partial charge is 0.123 e. The van der Waals surface area contributed by atoms with Gasteiger partial charge in [0.15, 0.2) is 0 Å². The molecule has 1 nitrogen and oxygen atoms in total. The van der Waals surface area contributed by atoms with Gasteiger partial charge in [-0.2, -0.15) is 0 Å². The molecule has 0 aromatic heterocycles. The maximum absolute atomic E-state index is 6.03. The summed E-state index contributed by atoms with van der Waals surface area (Å²) in [4.78, 5) is 0. The summed E-state index contributed by atoms with van der Waals surface area (Å²) in [5, 5.41) is 0. The van der Waals surface area contributed by atoms with Crippen LogP contribution < -0.4 is 4.74 Å². The third-order valence-electron chi connectivity index (χ3n) is 3.31. The molecule has 1 aliphatic rings. The second-order valence-corrected chi connectivity index (χ2v) is 4.50. The third-order valence-corrected chi connectivity index (χ3v) is 3.31. The van der Waals surface area contributed by atoms with Gasteiger partial charge < -0.3 is 4.74 Å². The summed E-state index contributed by atoms with van der Waals surface area (Å²) >= 11 is 0. The van der Waals surface area contributed by atoms with Crippen LogP contribution in [0.1, 0.15) is 64.0 Å². The Hall–Kier alpha value is -0.980. The van der Waals surface area contributed by atoms with Gasteiger partial charge in [0, 0.05) is 11.5 Å². The van der Waals surface area contributed by atoms with Crippen molar-refractivity contribution >= 4 is 0 Å². The molecule has 0 saturated carbocycles. The molecule has 17 heavy (non-hydrogen) atoms. The lowest BCUT2D eigenvalue weighted by molar-refractivity contribution is 0.191. The predicted molar refractivity (Wildman–Crippen MR) is 74.9 cm³/mol. The van der Waals surface area contributed by atoms with Crippen LogP contribution in [0.3, 0.4) is 0 Å². The molecule has 2 unspecified atom stereocenters. The van der Waals surface area contributed by atoms with Crippen LogP contribution in [0.4, 0.5) is 0 Å². The van der Waals surface area contributed by atoms with Crippen LogP contribution in [0.15, 0.2) is 18.2 Å². The molecule has 1 heterocycles. The van der Waals surface area contributed by atoms with Crippen LogP contribution in [0.25, 0.3) is 0 Å². The van der Waals surface area contributed by atoms with Gasteiger partial charge in [-0.05, 0) is 31.4 Å². The first-order chi connectivity index (χ1) is 8.26. The minimum Gasteiger partial charge on any atom is -0.489 e. The monoisotopic (exact) mass is 234 g/mol. The van der Waals surface area contributed by atoms with Gasteiger partial charge in [-0.15, -0.1) is 0 Å². The first-order valence-electron chi connectivity index (χ1n) is 7.03. The Morgan fingerprint density at radius 3 is 2.47 bits per heavy atom. The average molecular weight is 234 g/mol. The highest BCUT2D eigenvalue weighted by Gasteiger charge is 2.31. The summed E-state index contributed by atoms with van der Waals surface area (Å²) in [6.07, 6.45) is 3.97.